The Balaban J connectivity index is 2.26. The number of hydrogen-bond donors (Lipinski definition) is 6. The summed E-state index contributed by atoms with van der Waals surface area (Å²) in [5.74, 6) is -2.30. The Morgan fingerprint density at radius 3 is 2.14 bits per heavy atom. The van der Waals surface area contributed by atoms with Crippen molar-refractivity contribution in [3.8, 4) is 0 Å². The minimum absolute atomic E-state index is 0.0535. The number of aliphatic hydroxyl groups excluding tert-OH is 2. The predicted molar refractivity (Wildman–Crippen MR) is 150 cm³/mol. The number of rotatable bonds is 24. The van der Waals surface area contributed by atoms with E-state index in [0.29, 0.717) is 13.2 Å². The summed E-state index contributed by atoms with van der Waals surface area (Å²) >= 11 is 1.08. The molecule has 1 heterocycles. The summed E-state index contributed by atoms with van der Waals surface area (Å²) < 4.78 is 15.8. The first-order chi connectivity index (χ1) is 20.2. The van der Waals surface area contributed by atoms with Crippen molar-refractivity contribution in [3.05, 3.63) is 0 Å². The largest absolute Gasteiger partial charge is 0.395 e. The van der Waals surface area contributed by atoms with Crippen LogP contribution in [0.15, 0.2) is 0 Å². The van der Waals surface area contributed by atoms with Crippen LogP contribution in [-0.2, 0) is 43.0 Å². The Hall–Kier alpha value is -2.83. The van der Waals surface area contributed by atoms with Crippen LogP contribution < -0.4 is 21.3 Å². The molecule has 1 fully saturated rings. The highest BCUT2D eigenvalue weighted by Gasteiger charge is 2.39. The number of amides is 6. The molecule has 1 aliphatic rings. The zero-order valence-corrected chi connectivity index (χ0v) is 24.7. The first-order valence-electron chi connectivity index (χ1n) is 13.7. The van der Waals surface area contributed by atoms with Crippen molar-refractivity contribution >= 4 is 47.2 Å². The Bertz CT molecular complexity index is 880. The zero-order chi connectivity index (χ0) is 31.2. The molecule has 0 radical (unpaired) electrons. The van der Waals surface area contributed by atoms with Crippen LogP contribution in [-0.4, -0.2) is 147 Å². The van der Waals surface area contributed by atoms with E-state index in [0.717, 1.165) is 16.7 Å². The van der Waals surface area contributed by atoms with Crippen LogP contribution in [0, 0.1) is 0 Å². The molecule has 0 aliphatic carbocycles. The molecule has 240 valence electrons. The van der Waals surface area contributed by atoms with Gasteiger partial charge in [-0.05, 0) is 0 Å². The lowest BCUT2D eigenvalue weighted by atomic mass is 10.3. The zero-order valence-electron chi connectivity index (χ0n) is 23.9. The molecule has 16 nitrogen and oxygen atoms in total. The lowest BCUT2D eigenvalue weighted by Gasteiger charge is -2.19. The van der Waals surface area contributed by atoms with Crippen LogP contribution in [0.4, 0.5) is 0 Å². The van der Waals surface area contributed by atoms with Crippen molar-refractivity contribution in [1.29, 1.82) is 0 Å². The number of likely N-dealkylation sites (tertiary alicyclic amines) is 1. The van der Waals surface area contributed by atoms with E-state index in [-0.39, 0.29) is 96.8 Å². The number of aliphatic hydroxyl groups is 2. The van der Waals surface area contributed by atoms with E-state index >= 15 is 0 Å². The topological polar surface area (TPSA) is 222 Å². The van der Waals surface area contributed by atoms with Crippen LogP contribution in [0.2, 0.25) is 0 Å². The van der Waals surface area contributed by atoms with Crippen molar-refractivity contribution in [2.24, 2.45) is 0 Å². The van der Waals surface area contributed by atoms with Gasteiger partial charge in [-0.25, -0.2) is 0 Å². The summed E-state index contributed by atoms with van der Waals surface area (Å²) in [7, 11) is 0. The van der Waals surface area contributed by atoms with Crippen molar-refractivity contribution in [1.82, 2.24) is 26.2 Å². The van der Waals surface area contributed by atoms with E-state index in [4.69, 9.17) is 24.4 Å². The van der Waals surface area contributed by atoms with Crippen molar-refractivity contribution in [2.45, 2.75) is 37.5 Å². The molecule has 0 aromatic heterocycles. The Morgan fingerprint density at radius 2 is 1.48 bits per heavy atom. The highest BCUT2D eigenvalue weighted by molar-refractivity contribution is 8.00. The van der Waals surface area contributed by atoms with E-state index in [1.807, 2.05) is 0 Å². The van der Waals surface area contributed by atoms with Gasteiger partial charge in [0.15, 0.2) is 0 Å². The van der Waals surface area contributed by atoms with Gasteiger partial charge in [0, 0.05) is 58.1 Å². The summed E-state index contributed by atoms with van der Waals surface area (Å²) in [6, 6.07) is -0.940. The Kier molecular flexibility index (Phi) is 20.1. The first kappa shape index (κ1) is 37.2. The summed E-state index contributed by atoms with van der Waals surface area (Å²) in [5, 5.41) is 26.9. The number of nitrogens with zero attached hydrogens (tertiary/aromatic N) is 1. The number of imide groups is 1. The van der Waals surface area contributed by atoms with Gasteiger partial charge in [0.25, 0.3) is 0 Å². The maximum absolute atomic E-state index is 12.7. The molecule has 0 saturated carbocycles. The monoisotopic (exact) mass is 621 g/mol. The maximum Gasteiger partial charge on any atom is 0.243 e. The van der Waals surface area contributed by atoms with Crippen molar-refractivity contribution < 1.29 is 53.2 Å². The molecular formula is C25H43N5O11S. The molecule has 1 saturated heterocycles. The van der Waals surface area contributed by atoms with Crippen LogP contribution >= 0.6 is 11.8 Å². The average Bonchev–Trinajstić information content (AvgIpc) is 3.23. The number of ether oxygens (including phenoxy) is 3. The molecule has 0 aromatic rings. The summed E-state index contributed by atoms with van der Waals surface area (Å²) in [4.78, 5) is 73.5. The third kappa shape index (κ3) is 16.6. The summed E-state index contributed by atoms with van der Waals surface area (Å²) in [6.07, 6.45) is 0.0254. The lowest BCUT2D eigenvalue weighted by molar-refractivity contribution is -0.138. The normalized spacial score (nSPS) is 15.4. The Morgan fingerprint density at radius 1 is 0.857 bits per heavy atom. The second-order valence-electron chi connectivity index (χ2n) is 8.94. The van der Waals surface area contributed by atoms with Gasteiger partial charge in [-0.15, -0.1) is 11.8 Å². The molecule has 42 heavy (non-hydrogen) atoms. The molecule has 1 rings (SSSR count). The second-order valence-corrected chi connectivity index (χ2v) is 10.2. The minimum atomic E-state index is -0.940. The minimum Gasteiger partial charge on any atom is -0.395 e. The third-order valence-corrected chi connectivity index (χ3v) is 6.85. The van der Waals surface area contributed by atoms with Gasteiger partial charge in [0.2, 0.25) is 35.4 Å². The number of hydrogen-bond acceptors (Lipinski definition) is 12. The van der Waals surface area contributed by atoms with Crippen LogP contribution in [0.1, 0.15) is 26.2 Å². The van der Waals surface area contributed by atoms with Gasteiger partial charge in [-0.1, -0.05) is 0 Å². The van der Waals surface area contributed by atoms with Gasteiger partial charge >= 0.3 is 0 Å². The van der Waals surface area contributed by atoms with Gasteiger partial charge in [0.05, 0.1) is 58.1 Å². The van der Waals surface area contributed by atoms with E-state index < -0.39 is 40.8 Å². The van der Waals surface area contributed by atoms with Crippen molar-refractivity contribution in [3.63, 3.8) is 0 Å². The van der Waals surface area contributed by atoms with Crippen LogP contribution in [0.3, 0.4) is 0 Å². The molecular weight excluding hydrogens is 578 g/mol. The fourth-order valence-electron chi connectivity index (χ4n) is 3.53. The SMILES string of the molecule is CC(=O)NC(CSC1CC(=O)N(CCC(=O)NCCO)C1=O)C(=O)NCCOCCOCCC(=O)NCCOCCO. The quantitative estimate of drug-likeness (QED) is 0.0457. The fraction of sp³-hybridized carbons (Fsp3) is 0.760. The van der Waals surface area contributed by atoms with Gasteiger partial charge < -0.3 is 45.7 Å². The van der Waals surface area contributed by atoms with Gasteiger partial charge in [-0.3, -0.25) is 33.7 Å². The van der Waals surface area contributed by atoms with Crippen LogP contribution in [0.25, 0.3) is 0 Å². The van der Waals surface area contributed by atoms with E-state index in [9.17, 15) is 28.8 Å². The second kappa shape index (κ2) is 22.7. The highest BCUT2D eigenvalue weighted by Crippen LogP contribution is 2.26. The molecule has 6 N–H and O–H groups in total. The number of carbonyl (C=O) groups excluding carboxylic acids is 6. The number of carbonyl (C=O) groups is 6. The molecule has 17 heteroatoms. The molecule has 2 atom stereocenters. The number of nitrogens with one attached hydrogen (secondary N) is 4. The van der Waals surface area contributed by atoms with Crippen molar-refractivity contribution in [2.75, 3.05) is 84.8 Å². The summed E-state index contributed by atoms with van der Waals surface area (Å²) in [5.41, 5.74) is 0. The first-order valence-corrected chi connectivity index (χ1v) is 14.7. The van der Waals surface area contributed by atoms with Crippen LogP contribution in [0.5, 0.6) is 0 Å². The molecule has 6 amide bonds. The maximum atomic E-state index is 12.7. The molecule has 2 unspecified atom stereocenters. The smallest absolute Gasteiger partial charge is 0.243 e. The van der Waals surface area contributed by atoms with Gasteiger partial charge in [-0.2, -0.15) is 0 Å². The van der Waals surface area contributed by atoms with E-state index in [1.165, 1.54) is 6.92 Å². The van der Waals surface area contributed by atoms with E-state index in [1.54, 1.807) is 0 Å². The fourth-order valence-corrected chi connectivity index (χ4v) is 4.72. The summed E-state index contributed by atoms with van der Waals surface area (Å²) in [6.45, 7) is 2.92. The molecule has 0 aromatic carbocycles. The van der Waals surface area contributed by atoms with E-state index in [2.05, 4.69) is 21.3 Å². The standard InChI is InChI=1S/C25H43N5O11S/c1-18(33)29-19(17-42-20-16-23(36)30(25(20)38)7-2-21(34)26-4-8-31)24(37)28-6-12-41-15-14-39-10-3-22(35)27-5-11-40-13-9-32/h19-20,31-32H,2-17H2,1H3,(H,26,34)(H,27,35)(H,28,37)(H,29,33). The predicted octanol–water partition coefficient (Wildman–Crippen LogP) is -3.48. The lowest BCUT2D eigenvalue weighted by Crippen LogP contribution is -2.48. The molecule has 0 bridgehead atoms. The average molecular weight is 622 g/mol. The van der Waals surface area contributed by atoms with Gasteiger partial charge in [0.1, 0.15) is 6.04 Å². The third-order valence-electron chi connectivity index (χ3n) is 5.55. The molecule has 1 aliphatic heterocycles. The molecule has 0 spiro atoms. The Labute approximate surface area is 248 Å². The number of thioether (sulfide) groups is 1. The highest BCUT2D eigenvalue weighted by atomic mass is 32.2.